The van der Waals surface area contributed by atoms with Crippen molar-refractivity contribution in [3.8, 4) is 0 Å². The molecular weight excluding hydrogens is 228 g/mol. The van der Waals surface area contributed by atoms with Crippen molar-refractivity contribution in [2.45, 2.75) is 6.92 Å². The Hall–Kier alpha value is -2.30. The number of carbonyl (C=O) groups is 1. The summed E-state index contributed by atoms with van der Waals surface area (Å²) in [5.74, 6) is -0.0347. The number of amides is 1. The monoisotopic (exact) mass is 244 g/mol. The Bertz CT molecular complexity index is 568. The highest BCUT2D eigenvalue weighted by atomic mass is 16.1. The van der Waals surface area contributed by atoms with Crippen LogP contribution in [0.5, 0.6) is 0 Å². The Morgan fingerprint density at radius 1 is 1.33 bits per heavy atom. The number of aromatic nitrogens is 1. The van der Waals surface area contributed by atoms with Gasteiger partial charge >= 0.3 is 0 Å². The van der Waals surface area contributed by atoms with Gasteiger partial charge in [0.1, 0.15) is 0 Å². The van der Waals surface area contributed by atoms with E-state index in [1.165, 1.54) is 6.92 Å². The molecule has 5 nitrogen and oxygen atoms in total. The molecule has 2 rings (SSSR count). The molecule has 0 bridgehead atoms. The molecule has 0 aliphatic carbocycles. The Morgan fingerprint density at radius 3 is 2.94 bits per heavy atom. The Balaban J connectivity index is 2.09. The van der Waals surface area contributed by atoms with Crippen molar-refractivity contribution >= 4 is 28.2 Å². The number of nitrogens with one attached hydrogen (secondary N) is 2. The molecule has 1 aromatic heterocycles. The number of pyridine rings is 1. The molecule has 5 heteroatoms. The van der Waals surface area contributed by atoms with E-state index in [9.17, 15) is 4.79 Å². The van der Waals surface area contributed by atoms with Crippen LogP contribution >= 0.6 is 0 Å². The van der Waals surface area contributed by atoms with Crippen molar-refractivity contribution in [2.75, 3.05) is 24.1 Å². The minimum absolute atomic E-state index is 0.0347. The van der Waals surface area contributed by atoms with Gasteiger partial charge in [0.25, 0.3) is 0 Å². The van der Waals surface area contributed by atoms with Crippen molar-refractivity contribution in [1.82, 2.24) is 10.3 Å². The lowest BCUT2D eigenvalue weighted by molar-refractivity contribution is -0.118. The zero-order valence-corrected chi connectivity index (χ0v) is 10.2. The third-order valence-electron chi connectivity index (χ3n) is 2.64. The first-order valence-electron chi connectivity index (χ1n) is 5.80. The van der Waals surface area contributed by atoms with Gasteiger partial charge in [-0.25, -0.2) is 0 Å². The van der Waals surface area contributed by atoms with E-state index in [1.54, 1.807) is 6.20 Å². The zero-order chi connectivity index (χ0) is 13.0. The van der Waals surface area contributed by atoms with Gasteiger partial charge in [0.15, 0.2) is 0 Å². The lowest BCUT2D eigenvalue weighted by atomic mass is 10.1. The van der Waals surface area contributed by atoms with Crippen LogP contribution < -0.4 is 16.4 Å². The van der Waals surface area contributed by atoms with Gasteiger partial charge in [-0.05, 0) is 24.3 Å². The van der Waals surface area contributed by atoms with Gasteiger partial charge in [-0.2, -0.15) is 0 Å². The van der Waals surface area contributed by atoms with Crippen LogP contribution in [-0.2, 0) is 4.79 Å². The van der Waals surface area contributed by atoms with Gasteiger partial charge in [-0.3, -0.25) is 9.78 Å². The molecule has 0 saturated heterocycles. The number of nitrogens with two attached hydrogens (primary N) is 1. The highest BCUT2D eigenvalue weighted by molar-refractivity contribution is 5.96. The van der Waals surface area contributed by atoms with Crippen LogP contribution in [0.3, 0.4) is 0 Å². The second-order valence-electron chi connectivity index (χ2n) is 4.01. The fourth-order valence-corrected chi connectivity index (χ4v) is 1.77. The maximum atomic E-state index is 10.7. The van der Waals surface area contributed by atoms with Crippen LogP contribution in [-0.4, -0.2) is 24.0 Å². The fraction of sp³-hybridized carbons (Fsp3) is 0.231. The maximum Gasteiger partial charge on any atom is 0.216 e. The van der Waals surface area contributed by atoms with Gasteiger partial charge in [0.05, 0.1) is 16.9 Å². The van der Waals surface area contributed by atoms with Crippen LogP contribution in [0.1, 0.15) is 6.92 Å². The number of hydrogen-bond acceptors (Lipinski definition) is 4. The number of benzene rings is 1. The summed E-state index contributed by atoms with van der Waals surface area (Å²) in [5.41, 5.74) is 8.49. The Kier molecular flexibility index (Phi) is 3.62. The predicted molar refractivity (Wildman–Crippen MR) is 73.3 cm³/mol. The molecule has 4 N–H and O–H groups in total. The average Bonchev–Trinajstić information content (AvgIpc) is 2.37. The molecule has 0 unspecified atom stereocenters. The second-order valence-corrected chi connectivity index (χ2v) is 4.01. The molecule has 0 spiro atoms. The number of carbonyl (C=O) groups excluding carboxylic acids is 1. The summed E-state index contributed by atoms with van der Waals surface area (Å²) in [6.07, 6.45) is 1.74. The highest BCUT2D eigenvalue weighted by Gasteiger charge is 2.04. The normalized spacial score (nSPS) is 10.3. The molecule has 94 valence electrons. The van der Waals surface area contributed by atoms with Crippen molar-refractivity contribution in [3.05, 3.63) is 30.5 Å². The summed E-state index contributed by atoms with van der Waals surface area (Å²) >= 11 is 0. The lowest BCUT2D eigenvalue weighted by Crippen LogP contribution is -2.26. The van der Waals surface area contributed by atoms with E-state index < -0.39 is 0 Å². The van der Waals surface area contributed by atoms with Crippen molar-refractivity contribution < 1.29 is 4.79 Å². The lowest BCUT2D eigenvalue weighted by Gasteiger charge is -2.11. The molecule has 0 aliphatic heterocycles. The summed E-state index contributed by atoms with van der Waals surface area (Å²) < 4.78 is 0. The van der Waals surface area contributed by atoms with Crippen LogP contribution in [0, 0.1) is 0 Å². The summed E-state index contributed by atoms with van der Waals surface area (Å²) in [7, 11) is 0. The molecule has 0 fully saturated rings. The quantitative estimate of drug-likeness (QED) is 0.560. The number of fused-ring (bicyclic) bond motifs is 1. The summed E-state index contributed by atoms with van der Waals surface area (Å²) in [6, 6.07) is 7.63. The molecule has 1 aromatic carbocycles. The molecule has 0 radical (unpaired) electrons. The van der Waals surface area contributed by atoms with Crippen molar-refractivity contribution in [2.24, 2.45) is 0 Å². The molecule has 0 saturated carbocycles. The smallest absolute Gasteiger partial charge is 0.216 e. The molecule has 0 atom stereocenters. The van der Waals surface area contributed by atoms with Crippen molar-refractivity contribution in [3.63, 3.8) is 0 Å². The van der Waals surface area contributed by atoms with Crippen LogP contribution in [0.4, 0.5) is 11.4 Å². The van der Waals surface area contributed by atoms with E-state index in [0.29, 0.717) is 18.8 Å². The summed E-state index contributed by atoms with van der Waals surface area (Å²) in [6.45, 7) is 2.70. The van der Waals surface area contributed by atoms with Crippen LogP contribution in [0.15, 0.2) is 30.5 Å². The van der Waals surface area contributed by atoms with Gasteiger partial charge in [-0.1, -0.05) is 0 Å². The topological polar surface area (TPSA) is 80.0 Å². The van der Waals surface area contributed by atoms with Crippen molar-refractivity contribution in [1.29, 1.82) is 0 Å². The molecule has 2 aromatic rings. The van der Waals surface area contributed by atoms with E-state index in [-0.39, 0.29) is 5.91 Å². The summed E-state index contributed by atoms with van der Waals surface area (Å²) in [5, 5.41) is 6.84. The first kappa shape index (κ1) is 12.2. The summed E-state index contributed by atoms with van der Waals surface area (Å²) in [4.78, 5) is 15.0. The second kappa shape index (κ2) is 5.35. The molecule has 0 aliphatic rings. The molecule has 1 amide bonds. The Labute approximate surface area is 105 Å². The Morgan fingerprint density at radius 2 is 2.17 bits per heavy atom. The van der Waals surface area contributed by atoms with Gasteiger partial charge in [-0.15, -0.1) is 0 Å². The minimum atomic E-state index is -0.0347. The van der Waals surface area contributed by atoms with E-state index in [2.05, 4.69) is 15.6 Å². The van der Waals surface area contributed by atoms with E-state index >= 15 is 0 Å². The van der Waals surface area contributed by atoms with E-state index in [4.69, 9.17) is 5.73 Å². The average molecular weight is 244 g/mol. The maximum absolute atomic E-state index is 10.7. The van der Waals surface area contributed by atoms with Gasteiger partial charge < -0.3 is 16.4 Å². The molecular formula is C13H16N4O. The zero-order valence-electron chi connectivity index (χ0n) is 10.2. The highest BCUT2D eigenvalue weighted by Crippen LogP contribution is 2.26. The third kappa shape index (κ3) is 2.68. The number of anilines is 2. The van der Waals surface area contributed by atoms with Crippen LogP contribution in [0.25, 0.3) is 10.9 Å². The number of nitrogen functional groups attached to an aromatic ring is 1. The number of rotatable bonds is 4. The van der Waals surface area contributed by atoms with E-state index in [1.807, 2.05) is 24.3 Å². The van der Waals surface area contributed by atoms with Gasteiger partial charge in [0.2, 0.25) is 5.91 Å². The number of hydrogen-bond donors (Lipinski definition) is 3. The predicted octanol–water partition coefficient (Wildman–Crippen LogP) is 1.36. The molecule has 18 heavy (non-hydrogen) atoms. The minimum Gasteiger partial charge on any atom is -0.397 e. The molecule has 1 heterocycles. The largest absolute Gasteiger partial charge is 0.397 e. The standard InChI is InChI=1S/C13H16N4O/c1-9(18)15-7-8-17-12-5-4-11-10(13(12)14)3-2-6-16-11/h2-6,17H,7-8,14H2,1H3,(H,15,18). The first-order chi connectivity index (χ1) is 8.68. The SMILES string of the molecule is CC(=O)NCCNc1ccc2ncccc2c1N. The van der Waals surface area contributed by atoms with Crippen LogP contribution in [0.2, 0.25) is 0 Å². The van der Waals surface area contributed by atoms with E-state index in [0.717, 1.165) is 16.6 Å². The third-order valence-corrected chi connectivity index (χ3v) is 2.64. The van der Waals surface area contributed by atoms with Gasteiger partial charge in [0, 0.05) is 31.6 Å². The first-order valence-corrected chi connectivity index (χ1v) is 5.80. The number of nitrogens with zero attached hydrogens (tertiary/aromatic N) is 1. The fourth-order valence-electron chi connectivity index (χ4n) is 1.77.